The van der Waals surface area contributed by atoms with Gasteiger partial charge in [-0.2, -0.15) is 5.10 Å². The minimum absolute atomic E-state index is 0.122. The first kappa shape index (κ1) is 24.6. The number of esters is 1. The molecule has 34 heavy (non-hydrogen) atoms. The van der Waals surface area contributed by atoms with Crippen LogP contribution in [0.1, 0.15) is 39.6 Å². The van der Waals surface area contributed by atoms with E-state index >= 15 is 0 Å². The number of nitro benzene ring substituents is 1. The molecule has 0 unspecified atom stereocenters. The van der Waals surface area contributed by atoms with Crippen LogP contribution in [-0.4, -0.2) is 29.6 Å². The Morgan fingerprint density at radius 3 is 2.38 bits per heavy atom. The third-order valence-corrected chi connectivity index (χ3v) is 4.94. The summed E-state index contributed by atoms with van der Waals surface area (Å²) in [6.07, 6.45) is 2.21. The number of nitrogens with zero attached hydrogens (tertiary/aromatic N) is 2. The Labute approximate surface area is 203 Å². The fraction of sp³-hybridized carbons (Fsp3) is 0.125. The molecule has 0 aliphatic rings. The normalized spacial score (nSPS) is 10.6. The van der Waals surface area contributed by atoms with Crippen molar-refractivity contribution < 1.29 is 24.0 Å². The third kappa shape index (κ3) is 6.72. The first-order valence-corrected chi connectivity index (χ1v) is 11.0. The van der Waals surface area contributed by atoms with Crippen molar-refractivity contribution >= 4 is 39.7 Å². The Bertz CT molecular complexity index is 1210. The molecular weight excluding hydrogens is 506 g/mol. The van der Waals surface area contributed by atoms with E-state index in [0.29, 0.717) is 28.0 Å². The number of non-ortho nitro benzene ring substituents is 1. The van der Waals surface area contributed by atoms with Crippen molar-refractivity contribution in [2.24, 2.45) is 5.10 Å². The fourth-order valence-corrected chi connectivity index (χ4v) is 3.12. The number of ether oxygens (including phenoxy) is 2. The molecule has 1 N–H and O–H groups in total. The topological polar surface area (TPSA) is 120 Å². The first-order valence-electron chi connectivity index (χ1n) is 10.2. The average molecular weight is 526 g/mol. The van der Waals surface area contributed by atoms with Crippen LogP contribution in [-0.2, 0) is 0 Å². The van der Waals surface area contributed by atoms with Crippen LogP contribution < -0.4 is 14.9 Å². The highest BCUT2D eigenvalue weighted by molar-refractivity contribution is 9.10. The van der Waals surface area contributed by atoms with Gasteiger partial charge in [0, 0.05) is 27.7 Å². The minimum Gasteiger partial charge on any atom is -0.494 e. The van der Waals surface area contributed by atoms with Gasteiger partial charge in [0.25, 0.3) is 11.6 Å². The number of rotatable bonds is 9. The number of hydrazone groups is 1. The van der Waals surface area contributed by atoms with Crippen LogP contribution in [0, 0.1) is 10.1 Å². The quantitative estimate of drug-likeness (QED) is 0.136. The summed E-state index contributed by atoms with van der Waals surface area (Å²) >= 11 is 3.35. The molecule has 10 heteroatoms. The molecule has 9 nitrogen and oxygen atoms in total. The number of nitrogens with one attached hydrogen (secondary N) is 1. The van der Waals surface area contributed by atoms with Gasteiger partial charge in [-0.25, -0.2) is 10.2 Å². The summed E-state index contributed by atoms with van der Waals surface area (Å²) in [6, 6.07) is 16.7. The van der Waals surface area contributed by atoms with Gasteiger partial charge in [-0.05, 0) is 61.0 Å². The second-order valence-corrected chi connectivity index (χ2v) is 7.86. The number of amides is 1. The van der Waals surface area contributed by atoms with Crippen LogP contribution in [0.15, 0.2) is 76.3 Å². The van der Waals surface area contributed by atoms with Crippen LogP contribution in [0.25, 0.3) is 0 Å². The van der Waals surface area contributed by atoms with E-state index in [2.05, 4.69) is 26.5 Å². The number of hydrogen-bond acceptors (Lipinski definition) is 7. The highest BCUT2D eigenvalue weighted by atomic mass is 79.9. The molecule has 0 aliphatic carbocycles. The lowest BCUT2D eigenvalue weighted by molar-refractivity contribution is -0.384. The zero-order valence-corrected chi connectivity index (χ0v) is 19.7. The highest BCUT2D eigenvalue weighted by Crippen LogP contribution is 2.23. The van der Waals surface area contributed by atoms with Gasteiger partial charge < -0.3 is 9.47 Å². The lowest BCUT2D eigenvalue weighted by Crippen LogP contribution is -2.17. The van der Waals surface area contributed by atoms with Gasteiger partial charge in [0.1, 0.15) is 11.5 Å². The number of nitro groups is 1. The van der Waals surface area contributed by atoms with Crippen molar-refractivity contribution in [2.75, 3.05) is 6.61 Å². The number of benzene rings is 3. The molecule has 0 saturated carbocycles. The van der Waals surface area contributed by atoms with E-state index in [9.17, 15) is 19.7 Å². The molecule has 0 heterocycles. The summed E-state index contributed by atoms with van der Waals surface area (Å²) in [5, 5.41) is 14.6. The van der Waals surface area contributed by atoms with Gasteiger partial charge in [-0.15, -0.1) is 0 Å². The maximum absolute atomic E-state index is 12.6. The van der Waals surface area contributed by atoms with E-state index in [1.807, 2.05) is 6.92 Å². The van der Waals surface area contributed by atoms with Crippen LogP contribution >= 0.6 is 15.9 Å². The Kier molecular flexibility index (Phi) is 8.47. The van der Waals surface area contributed by atoms with Crippen molar-refractivity contribution in [3.8, 4) is 11.5 Å². The zero-order valence-electron chi connectivity index (χ0n) is 18.1. The predicted molar refractivity (Wildman–Crippen MR) is 129 cm³/mol. The molecule has 3 aromatic carbocycles. The maximum Gasteiger partial charge on any atom is 0.343 e. The third-order valence-electron chi connectivity index (χ3n) is 4.45. The standard InChI is InChI=1S/C24H20BrN3O6/c1-2-13-33-21-10-5-17(6-11-21)24(30)34-22-12-7-19(25)14-18(22)15-26-27-23(29)16-3-8-20(9-4-16)28(31)32/h3-12,14-15H,2,13H2,1H3,(H,27,29)/b26-15-. The largest absolute Gasteiger partial charge is 0.494 e. The molecule has 0 atom stereocenters. The van der Waals surface area contributed by atoms with Crippen molar-refractivity contribution in [3.63, 3.8) is 0 Å². The Balaban J connectivity index is 1.68. The van der Waals surface area contributed by atoms with Crippen LogP contribution in [0.5, 0.6) is 11.5 Å². The minimum atomic E-state index is -0.561. The van der Waals surface area contributed by atoms with Crippen LogP contribution in [0.4, 0.5) is 5.69 Å². The molecule has 0 saturated heterocycles. The lowest BCUT2D eigenvalue weighted by Gasteiger charge is -2.09. The molecule has 0 spiro atoms. The first-order chi connectivity index (χ1) is 16.4. The Morgan fingerprint density at radius 1 is 1.06 bits per heavy atom. The van der Waals surface area contributed by atoms with E-state index < -0.39 is 16.8 Å². The van der Waals surface area contributed by atoms with Crippen molar-refractivity contribution in [1.82, 2.24) is 5.43 Å². The van der Waals surface area contributed by atoms with Gasteiger partial charge in [0.05, 0.1) is 23.3 Å². The molecule has 3 rings (SSSR count). The van der Waals surface area contributed by atoms with Gasteiger partial charge in [-0.3, -0.25) is 14.9 Å². The molecule has 0 aromatic heterocycles. The van der Waals surface area contributed by atoms with Crippen LogP contribution in [0.2, 0.25) is 0 Å². The van der Waals surface area contributed by atoms with Crippen LogP contribution in [0.3, 0.4) is 0 Å². The van der Waals surface area contributed by atoms with E-state index in [-0.39, 0.29) is 17.0 Å². The van der Waals surface area contributed by atoms with E-state index in [1.54, 1.807) is 42.5 Å². The second kappa shape index (κ2) is 11.7. The molecule has 3 aromatic rings. The van der Waals surface area contributed by atoms with Gasteiger partial charge in [0.2, 0.25) is 0 Å². The lowest BCUT2D eigenvalue weighted by atomic mass is 10.2. The molecule has 0 bridgehead atoms. The second-order valence-electron chi connectivity index (χ2n) is 6.95. The smallest absolute Gasteiger partial charge is 0.343 e. The molecule has 0 aliphatic heterocycles. The predicted octanol–water partition coefficient (Wildman–Crippen LogP) is 5.13. The van der Waals surface area contributed by atoms with E-state index in [0.717, 1.165) is 6.42 Å². The van der Waals surface area contributed by atoms with Crippen molar-refractivity contribution in [1.29, 1.82) is 0 Å². The molecule has 1 amide bonds. The molecule has 0 fully saturated rings. The van der Waals surface area contributed by atoms with Gasteiger partial charge in [-0.1, -0.05) is 22.9 Å². The molecular formula is C24H20BrN3O6. The van der Waals surface area contributed by atoms with Crippen molar-refractivity contribution in [3.05, 3.63) is 98.0 Å². The molecule has 174 valence electrons. The fourth-order valence-electron chi connectivity index (χ4n) is 2.74. The number of hydrogen-bond donors (Lipinski definition) is 1. The summed E-state index contributed by atoms with van der Waals surface area (Å²) in [7, 11) is 0. The highest BCUT2D eigenvalue weighted by Gasteiger charge is 2.13. The summed E-state index contributed by atoms with van der Waals surface area (Å²) in [6.45, 7) is 2.60. The number of carbonyl (C=O) groups is 2. The number of halogens is 1. The number of carbonyl (C=O) groups excluding carboxylic acids is 2. The van der Waals surface area contributed by atoms with Gasteiger partial charge >= 0.3 is 5.97 Å². The zero-order chi connectivity index (χ0) is 24.5. The Hall–Kier alpha value is -4.05. The maximum atomic E-state index is 12.6. The van der Waals surface area contributed by atoms with Crippen molar-refractivity contribution in [2.45, 2.75) is 13.3 Å². The van der Waals surface area contributed by atoms with E-state index in [1.165, 1.54) is 30.5 Å². The summed E-state index contributed by atoms with van der Waals surface area (Å²) < 4.78 is 11.7. The van der Waals surface area contributed by atoms with E-state index in [4.69, 9.17) is 9.47 Å². The SMILES string of the molecule is CCCOc1ccc(C(=O)Oc2ccc(Br)cc2/C=N\NC(=O)c2ccc([N+](=O)[O-])cc2)cc1. The van der Waals surface area contributed by atoms with Gasteiger partial charge in [0.15, 0.2) is 0 Å². The molecule has 0 radical (unpaired) electrons. The summed E-state index contributed by atoms with van der Waals surface area (Å²) in [5.41, 5.74) is 3.21. The monoisotopic (exact) mass is 525 g/mol. The summed E-state index contributed by atoms with van der Waals surface area (Å²) in [4.78, 5) is 35.0. The summed E-state index contributed by atoms with van der Waals surface area (Å²) in [5.74, 6) is -0.203. The Morgan fingerprint density at radius 2 is 1.74 bits per heavy atom. The average Bonchev–Trinajstić information content (AvgIpc) is 2.84.